The Morgan fingerprint density at radius 1 is 0.914 bits per heavy atom. The van der Waals surface area contributed by atoms with Gasteiger partial charge in [0.15, 0.2) is 34.3 Å². The van der Waals surface area contributed by atoms with E-state index in [2.05, 4.69) is 0 Å². The number of hydrogen-bond acceptors (Lipinski definition) is 8. The van der Waals surface area contributed by atoms with Gasteiger partial charge in [-0.2, -0.15) is 0 Å². The molecule has 0 spiro atoms. The Hall–Kier alpha value is -3.92. The lowest BCUT2D eigenvalue weighted by Crippen LogP contribution is -2.33. The van der Waals surface area contributed by atoms with E-state index in [-0.39, 0.29) is 17.9 Å². The van der Waals surface area contributed by atoms with Crippen molar-refractivity contribution in [2.75, 3.05) is 19.0 Å². The van der Waals surface area contributed by atoms with Crippen molar-refractivity contribution in [3.63, 3.8) is 0 Å². The van der Waals surface area contributed by atoms with Crippen molar-refractivity contribution >= 4 is 28.5 Å². The molecule has 0 saturated carbocycles. The largest absolute Gasteiger partial charge is 0.486 e. The quantitative estimate of drug-likeness (QED) is 0.217. The molecule has 2 aliphatic heterocycles. The van der Waals surface area contributed by atoms with Gasteiger partial charge in [-0.1, -0.05) is 36.0 Å². The molecule has 2 atom stereocenters. The van der Waals surface area contributed by atoms with Crippen LogP contribution < -0.4 is 18.9 Å². The zero-order chi connectivity index (χ0) is 23.8. The van der Waals surface area contributed by atoms with Gasteiger partial charge in [0, 0.05) is 17.9 Å². The first-order valence-electron chi connectivity index (χ1n) is 11.2. The third kappa shape index (κ3) is 4.32. The molecule has 0 N–H and O–H groups in total. The molecule has 178 valence electrons. The molecule has 0 amide bonds. The zero-order valence-electron chi connectivity index (χ0n) is 18.5. The molecule has 0 radical (unpaired) electrons. The van der Waals surface area contributed by atoms with Gasteiger partial charge >= 0.3 is 0 Å². The second kappa shape index (κ2) is 9.03. The number of nitrogens with zero attached hydrogens (tertiary/aromatic N) is 3. The molecular formula is C25H21N3O6S. The maximum atomic E-state index is 11.3. The molecule has 10 heteroatoms. The van der Waals surface area contributed by atoms with Crippen LogP contribution in [0.4, 0.5) is 5.69 Å². The van der Waals surface area contributed by atoms with Crippen LogP contribution in [0.25, 0.3) is 11.0 Å². The van der Waals surface area contributed by atoms with Crippen LogP contribution >= 0.6 is 11.8 Å². The minimum Gasteiger partial charge on any atom is -0.486 e. The monoisotopic (exact) mass is 491 g/mol. The van der Waals surface area contributed by atoms with E-state index in [4.69, 9.17) is 23.9 Å². The highest BCUT2D eigenvalue weighted by atomic mass is 32.2. The second-order valence-corrected chi connectivity index (χ2v) is 9.23. The van der Waals surface area contributed by atoms with Crippen LogP contribution in [-0.4, -0.2) is 45.6 Å². The molecule has 3 aromatic carbocycles. The molecular weight excluding hydrogens is 470 g/mol. The fourth-order valence-corrected chi connectivity index (χ4v) is 5.16. The highest BCUT2D eigenvalue weighted by molar-refractivity contribution is 7.99. The summed E-state index contributed by atoms with van der Waals surface area (Å²) >= 11 is 1.52. The molecule has 6 rings (SSSR count). The van der Waals surface area contributed by atoms with Gasteiger partial charge in [-0.25, -0.2) is 4.98 Å². The second-order valence-electron chi connectivity index (χ2n) is 8.24. The molecule has 35 heavy (non-hydrogen) atoms. The number of imidazole rings is 1. The summed E-state index contributed by atoms with van der Waals surface area (Å²) in [5, 5.41) is 12.0. The summed E-state index contributed by atoms with van der Waals surface area (Å²) in [6, 6.07) is 19.9. The van der Waals surface area contributed by atoms with Crippen molar-refractivity contribution in [1.82, 2.24) is 9.55 Å². The number of ether oxygens (including phenoxy) is 4. The van der Waals surface area contributed by atoms with E-state index in [9.17, 15) is 10.1 Å². The number of benzene rings is 3. The Bertz CT molecular complexity index is 1410. The summed E-state index contributed by atoms with van der Waals surface area (Å²) in [7, 11) is 0. The van der Waals surface area contributed by atoms with E-state index in [0.29, 0.717) is 36.8 Å². The molecule has 4 aromatic rings. The summed E-state index contributed by atoms with van der Waals surface area (Å²) in [5.41, 5.74) is 1.36. The van der Waals surface area contributed by atoms with Gasteiger partial charge in [-0.05, 0) is 30.3 Å². The summed E-state index contributed by atoms with van der Waals surface area (Å²) in [5.74, 6) is 3.48. The Balaban J connectivity index is 1.26. The summed E-state index contributed by atoms with van der Waals surface area (Å²) < 4.78 is 26.0. The number of non-ortho nitro benzene ring substituents is 1. The van der Waals surface area contributed by atoms with Gasteiger partial charge in [0.05, 0.1) is 22.5 Å². The smallest absolute Gasteiger partial charge is 0.271 e. The topological polar surface area (TPSA) is 97.9 Å². The Kier molecular flexibility index (Phi) is 5.57. The molecule has 0 saturated heterocycles. The summed E-state index contributed by atoms with van der Waals surface area (Å²) in [6.45, 7) is 1.31. The predicted molar refractivity (Wildman–Crippen MR) is 130 cm³/mol. The van der Waals surface area contributed by atoms with Crippen molar-refractivity contribution < 1.29 is 23.9 Å². The lowest BCUT2D eigenvalue weighted by atomic mass is 10.2. The average molecular weight is 492 g/mol. The molecule has 2 aliphatic rings. The van der Waals surface area contributed by atoms with Gasteiger partial charge in [-0.3, -0.25) is 10.1 Å². The van der Waals surface area contributed by atoms with E-state index >= 15 is 0 Å². The van der Waals surface area contributed by atoms with Crippen LogP contribution in [0.1, 0.15) is 0 Å². The number of hydrogen-bond donors (Lipinski definition) is 0. The molecule has 0 aliphatic carbocycles. The first-order valence-corrected chi connectivity index (χ1v) is 12.2. The number of nitro groups is 1. The van der Waals surface area contributed by atoms with E-state index in [1.165, 1.54) is 23.9 Å². The summed E-state index contributed by atoms with van der Waals surface area (Å²) in [4.78, 5) is 15.6. The van der Waals surface area contributed by atoms with Crippen LogP contribution in [0.5, 0.6) is 23.0 Å². The minimum atomic E-state index is -0.412. The van der Waals surface area contributed by atoms with Gasteiger partial charge < -0.3 is 23.5 Å². The Morgan fingerprint density at radius 2 is 1.54 bits per heavy atom. The highest BCUT2D eigenvalue weighted by Crippen LogP contribution is 2.35. The zero-order valence-corrected chi connectivity index (χ0v) is 19.3. The number of aromatic nitrogens is 2. The first-order chi connectivity index (χ1) is 17.1. The fourth-order valence-electron chi connectivity index (χ4n) is 4.17. The van der Waals surface area contributed by atoms with Crippen molar-refractivity contribution in [3.8, 4) is 23.0 Å². The molecule has 3 heterocycles. The maximum absolute atomic E-state index is 11.3. The highest BCUT2D eigenvalue weighted by Gasteiger charge is 2.26. The number of nitro benzene ring substituents is 1. The van der Waals surface area contributed by atoms with Gasteiger partial charge in [0.2, 0.25) is 0 Å². The summed E-state index contributed by atoms with van der Waals surface area (Å²) in [6.07, 6.45) is -0.392. The lowest BCUT2D eigenvalue weighted by Gasteiger charge is -2.28. The molecule has 0 unspecified atom stereocenters. The molecule has 9 nitrogen and oxygen atoms in total. The maximum Gasteiger partial charge on any atom is 0.271 e. The van der Waals surface area contributed by atoms with E-state index in [0.717, 1.165) is 27.9 Å². The molecule has 0 fully saturated rings. The lowest BCUT2D eigenvalue weighted by molar-refractivity contribution is -0.384. The minimum absolute atomic E-state index is 0.00509. The molecule has 1 aromatic heterocycles. The van der Waals surface area contributed by atoms with E-state index in [1.807, 2.05) is 53.1 Å². The third-order valence-corrected chi connectivity index (χ3v) is 6.94. The van der Waals surface area contributed by atoms with E-state index in [1.54, 1.807) is 6.07 Å². The number of para-hydroxylation sites is 4. The van der Waals surface area contributed by atoms with Gasteiger partial charge in [-0.15, -0.1) is 0 Å². The normalized spacial score (nSPS) is 18.4. The van der Waals surface area contributed by atoms with Crippen molar-refractivity contribution in [1.29, 1.82) is 0 Å². The first kappa shape index (κ1) is 21.6. The molecule has 0 bridgehead atoms. The number of fused-ring (bicyclic) bond motifs is 3. The predicted octanol–water partition coefficient (Wildman–Crippen LogP) is 4.72. The van der Waals surface area contributed by atoms with Gasteiger partial charge in [0.1, 0.15) is 19.3 Å². The third-order valence-electron chi connectivity index (χ3n) is 5.83. The Morgan fingerprint density at radius 3 is 2.23 bits per heavy atom. The van der Waals surface area contributed by atoms with Crippen LogP contribution in [0.2, 0.25) is 0 Å². The SMILES string of the molecule is O=[N+]([O-])c1ccc2c(c1)nc(SC[C@@H]1COc3ccccc3O1)n2C[C@H]1COc2ccccc2O1. The van der Waals surface area contributed by atoms with Crippen LogP contribution in [-0.2, 0) is 6.54 Å². The number of rotatable bonds is 6. The van der Waals surface area contributed by atoms with Crippen molar-refractivity contribution in [2.24, 2.45) is 0 Å². The Labute approximate surface area is 204 Å². The standard InChI is InChI=1S/C25H21N3O6S/c29-28(30)16-9-10-20-19(11-16)26-25(35-15-18-14-32-22-6-2-4-8-24(22)34-18)27(20)12-17-13-31-21-5-1-3-7-23(21)33-17/h1-11,17-18H,12-15H2/t17-,18-/m0/s1. The van der Waals surface area contributed by atoms with Crippen LogP contribution in [0.15, 0.2) is 71.9 Å². The number of thioether (sulfide) groups is 1. The van der Waals surface area contributed by atoms with Crippen molar-refractivity contribution in [3.05, 3.63) is 76.8 Å². The fraction of sp³-hybridized carbons (Fsp3) is 0.240. The van der Waals surface area contributed by atoms with Crippen LogP contribution in [0.3, 0.4) is 0 Å². The van der Waals surface area contributed by atoms with Gasteiger partial charge in [0.25, 0.3) is 5.69 Å². The van der Waals surface area contributed by atoms with E-state index < -0.39 is 4.92 Å². The van der Waals surface area contributed by atoms with Crippen LogP contribution in [0, 0.1) is 10.1 Å². The average Bonchev–Trinajstić information content (AvgIpc) is 3.23. The van der Waals surface area contributed by atoms with Crippen molar-refractivity contribution in [2.45, 2.75) is 23.9 Å².